The van der Waals surface area contributed by atoms with Gasteiger partial charge < -0.3 is 10.0 Å². The van der Waals surface area contributed by atoms with Gasteiger partial charge in [0, 0.05) is 26.1 Å². The molecule has 0 spiro atoms. The molecular formula is C16H22FNO2. The number of likely N-dealkylation sites (tertiary alicyclic amines) is 1. The Kier molecular flexibility index (Phi) is 5.12. The second kappa shape index (κ2) is 6.84. The Balaban J connectivity index is 1.95. The zero-order valence-corrected chi connectivity index (χ0v) is 11.9. The first kappa shape index (κ1) is 15.0. The van der Waals surface area contributed by atoms with E-state index in [0.29, 0.717) is 18.5 Å². The van der Waals surface area contributed by atoms with Crippen LogP contribution in [0, 0.1) is 11.7 Å². The average Bonchev–Trinajstić information content (AvgIpc) is 2.47. The summed E-state index contributed by atoms with van der Waals surface area (Å²) >= 11 is 0. The molecule has 1 N–H and O–H groups in total. The topological polar surface area (TPSA) is 40.5 Å². The molecular weight excluding hydrogens is 257 g/mol. The Morgan fingerprint density at radius 2 is 2.25 bits per heavy atom. The van der Waals surface area contributed by atoms with Gasteiger partial charge in [-0.3, -0.25) is 4.79 Å². The number of nitrogens with zero attached hydrogens (tertiary/aromatic N) is 1. The number of aliphatic hydroxyl groups is 1. The standard InChI is InChI=1S/C16H22FNO2/c1-12(14-6-2-3-7-15(14)17)9-16(20)18-8-4-5-13(10-18)11-19/h2-3,6-7,12-13,19H,4-5,8-11H2,1H3. The van der Waals surface area contributed by atoms with E-state index >= 15 is 0 Å². The van der Waals surface area contributed by atoms with Crippen LogP contribution in [0.25, 0.3) is 0 Å². The molecule has 0 aliphatic carbocycles. The van der Waals surface area contributed by atoms with Gasteiger partial charge >= 0.3 is 0 Å². The third kappa shape index (κ3) is 3.57. The molecule has 2 atom stereocenters. The summed E-state index contributed by atoms with van der Waals surface area (Å²) in [5.74, 6) is -0.131. The van der Waals surface area contributed by atoms with Crippen LogP contribution in [0.2, 0.25) is 0 Å². The Morgan fingerprint density at radius 1 is 1.50 bits per heavy atom. The number of benzene rings is 1. The van der Waals surface area contributed by atoms with Crippen molar-refractivity contribution < 1.29 is 14.3 Å². The van der Waals surface area contributed by atoms with Gasteiger partial charge in [0.1, 0.15) is 5.82 Å². The highest BCUT2D eigenvalue weighted by molar-refractivity contribution is 5.77. The van der Waals surface area contributed by atoms with Gasteiger partial charge in [0.05, 0.1) is 0 Å². The minimum atomic E-state index is -0.250. The van der Waals surface area contributed by atoms with Crippen LogP contribution in [-0.4, -0.2) is 35.6 Å². The molecule has 0 aromatic heterocycles. The van der Waals surface area contributed by atoms with Crippen LogP contribution in [0.15, 0.2) is 24.3 Å². The molecule has 1 fully saturated rings. The van der Waals surface area contributed by atoms with E-state index in [1.54, 1.807) is 18.2 Å². The first-order valence-electron chi connectivity index (χ1n) is 7.25. The maximum Gasteiger partial charge on any atom is 0.223 e. The van der Waals surface area contributed by atoms with Crippen molar-refractivity contribution in [3.05, 3.63) is 35.6 Å². The number of aliphatic hydroxyl groups excluding tert-OH is 1. The van der Waals surface area contributed by atoms with Crippen LogP contribution in [0.3, 0.4) is 0 Å². The number of hydrogen-bond acceptors (Lipinski definition) is 2. The van der Waals surface area contributed by atoms with E-state index < -0.39 is 0 Å². The molecule has 110 valence electrons. The van der Waals surface area contributed by atoms with E-state index in [4.69, 9.17) is 0 Å². The van der Waals surface area contributed by atoms with E-state index in [9.17, 15) is 14.3 Å². The third-order valence-electron chi connectivity index (χ3n) is 4.05. The molecule has 3 nitrogen and oxygen atoms in total. The van der Waals surface area contributed by atoms with Crippen molar-refractivity contribution in [2.24, 2.45) is 5.92 Å². The zero-order chi connectivity index (χ0) is 14.5. The predicted molar refractivity (Wildman–Crippen MR) is 75.8 cm³/mol. The molecule has 1 heterocycles. The lowest BCUT2D eigenvalue weighted by atomic mass is 9.94. The van der Waals surface area contributed by atoms with Crippen molar-refractivity contribution in [2.75, 3.05) is 19.7 Å². The summed E-state index contributed by atoms with van der Waals surface area (Å²) < 4.78 is 13.7. The molecule has 1 aromatic carbocycles. The number of piperidine rings is 1. The van der Waals surface area contributed by atoms with Crippen LogP contribution in [-0.2, 0) is 4.79 Å². The zero-order valence-electron chi connectivity index (χ0n) is 11.9. The molecule has 0 radical (unpaired) electrons. The van der Waals surface area contributed by atoms with Crippen molar-refractivity contribution >= 4 is 5.91 Å². The normalized spacial score (nSPS) is 20.8. The summed E-state index contributed by atoms with van der Waals surface area (Å²) in [7, 11) is 0. The van der Waals surface area contributed by atoms with Crippen LogP contribution in [0.5, 0.6) is 0 Å². The van der Waals surface area contributed by atoms with E-state index in [-0.39, 0.29) is 30.2 Å². The summed E-state index contributed by atoms with van der Waals surface area (Å²) in [5.41, 5.74) is 0.594. The Labute approximate surface area is 119 Å². The highest BCUT2D eigenvalue weighted by atomic mass is 19.1. The average molecular weight is 279 g/mol. The lowest BCUT2D eigenvalue weighted by molar-refractivity contribution is -0.133. The van der Waals surface area contributed by atoms with Gasteiger partial charge in [-0.2, -0.15) is 0 Å². The molecule has 20 heavy (non-hydrogen) atoms. The number of hydrogen-bond donors (Lipinski definition) is 1. The van der Waals surface area contributed by atoms with E-state index in [2.05, 4.69) is 0 Å². The van der Waals surface area contributed by atoms with Crippen molar-refractivity contribution in [1.82, 2.24) is 4.90 Å². The van der Waals surface area contributed by atoms with E-state index in [1.807, 2.05) is 11.8 Å². The molecule has 1 saturated heterocycles. The maximum absolute atomic E-state index is 13.7. The maximum atomic E-state index is 13.7. The van der Waals surface area contributed by atoms with E-state index in [0.717, 1.165) is 19.4 Å². The number of halogens is 1. The highest BCUT2D eigenvalue weighted by Crippen LogP contribution is 2.24. The Morgan fingerprint density at radius 3 is 2.95 bits per heavy atom. The smallest absolute Gasteiger partial charge is 0.223 e. The van der Waals surface area contributed by atoms with Crippen molar-refractivity contribution in [2.45, 2.75) is 32.1 Å². The number of rotatable bonds is 4. The summed E-state index contributed by atoms with van der Waals surface area (Å²) in [6.07, 6.45) is 2.23. The number of carbonyl (C=O) groups is 1. The number of amides is 1. The van der Waals surface area contributed by atoms with Crippen LogP contribution >= 0.6 is 0 Å². The van der Waals surface area contributed by atoms with Gasteiger partial charge in [-0.1, -0.05) is 25.1 Å². The quantitative estimate of drug-likeness (QED) is 0.920. The summed E-state index contributed by atoms with van der Waals surface area (Å²) in [5, 5.41) is 9.20. The fourth-order valence-corrected chi connectivity index (χ4v) is 2.82. The SMILES string of the molecule is CC(CC(=O)N1CCCC(CO)C1)c1ccccc1F. The van der Waals surface area contributed by atoms with Crippen LogP contribution in [0.4, 0.5) is 4.39 Å². The summed E-state index contributed by atoms with van der Waals surface area (Å²) in [6, 6.07) is 6.62. The molecule has 1 amide bonds. The molecule has 2 rings (SSSR count). The summed E-state index contributed by atoms with van der Waals surface area (Å²) in [4.78, 5) is 14.1. The van der Waals surface area contributed by atoms with Gasteiger partial charge in [-0.25, -0.2) is 4.39 Å². The first-order chi connectivity index (χ1) is 9.61. The van der Waals surface area contributed by atoms with Crippen molar-refractivity contribution in [3.63, 3.8) is 0 Å². The molecule has 0 bridgehead atoms. The molecule has 4 heteroatoms. The van der Waals surface area contributed by atoms with Gasteiger partial charge in [0.2, 0.25) is 5.91 Å². The fourth-order valence-electron chi connectivity index (χ4n) is 2.82. The summed E-state index contributed by atoms with van der Waals surface area (Å²) in [6.45, 7) is 3.38. The second-order valence-electron chi connectivity index (χ2n) is 5.66. The minimum Gasteiger partial charge on any atom is -0.396 e. The van der Waals surface area contributed by atoms with Crippen molar-refractivity contribution in [1.29, 1.82) is 0 Å². The van der Waals surface area contributed by atoms with Gasteiger partial charge in [0.25, 0.3) is 0 Å². The third-order valence-corrected chi connectivity index (χ3v) is 4.05. The molecule has 2 unspecified atom stereocenters. The van der Waals surface area contributed by atoms with Gasteiger partial charge in [-0.15, -0.1) is 0 Å². The highest BCUT2D eigenvalue weighted by Gasteiger charge is 2.25. The lowest BCUT2D eigenvalue weighted by Crippen LogP contribution is -2.41. The first-order valence-corrected chi connectivity index (χ1v) is 7.25. The lowest BCUT2D eigenvalue weighted by Gasteiger charge is -2.32. The molecule has 1 aliphatic heterocycles. The molecule has 1 aliphatic rings. The fraction of sp³-hybridized carbons (Fsp3) is 0.562. The Bertz CT molecular complexity index is 464. The van der Waals surface area contributed by atoms with Crippen molar-refractivity contribution in [3.8, 4) is 0 Å². The Hall–Kier alpha value is -1.42. The largest absolute Gasteiger partial charge is 0.396 e. The second-order valence-corrected chi connectivity index (χ2v) is 5.66. The van der Waals surface area contributed by atoms with Gasteiger partial charge in [-0.05, 0) is 36.3 Å². The van der Waals surface area contributed by atoms with Crippen LogP contribution < -0.4 is 0 Å². The monoisotopic (exact) mass is 279 g/mol. The predicted octanol–water partition coefficient (Wildman–Crippen LogP) is 2.55. The number of carbonyl (C=O) groups excluding carboxylic acids is 1. The minimum absolute atomic E-state index is 0.0545. The van der Waals surface area contributed by atoms with Crippen LogP contribution in [0.1, 0.15) is 37.7 Å². The molecule has 1 aromatic rings. The molecule has 0 saturated carbocycles. The van der Waals surface area contributed by atoms with Gasteiger partial charge in [0.15, 0.2) is 0 Å². The van der Waals surface area contributed by atoms with E-state index in [1.165, 1.54) is 6.07 Å².